The maximum Gasteiger partial charge on any atom is 0.295 e. The highest BCUT2D eigenvalue weighted by Crippen LogP contribution is 2.39. The fraction of sp³-hybridized carbons (Fsp3) is 0.360. The Kier molecular flexibility index (Phi) is 7.08. The van der Waals surface area contributed by atoms with Gasteiger partial charge in [0.1, 0.15) is 5.76 Å². The summed E-state index contributed by atoms with van der Waals surface area (Å²) in [7, 11) is 0. The first-order valence-electron chi connectivity index (χ1n) is 10.9. The van der Waals surface area contributed by atoms with E-state index in [1.54, 1.807) is 29.2 Å². The van der Waals surface area contributed by atoms with Crippen molar-refractivity contribution in [3.05, 3.63) is 75.3 Å². The Balaban J connectivity index is 1.72. The third kappa shape index (κ3) is 4.65. The molecule has 32 heavy (non-hydrogen) atoms. The minimum Gasteiger partial charge on any atom is -0.507 e. The van der Waals surface area contributed by atoms with Crippen molar-refractivity contribution in [2.24, 2.45) is 0 Å². The smallest absolute Gasteiger partial charge is 0.295 e. The molecule has 0 bridgehead atoms. The van der Waals surface area contributed by atoms with Crippen LogP contribution in [0, 0.1) is 0 Å². The summed E-state index contributed by atoms with van der Waals surface area (Å²) in [5.74, 6) is -1.35. The molecule has 2 aliphatic heterocycles. The molecule has 1 amide bonds. The molecule has 1 N–H and O–H groups in total. The standard InChI is InChI=1S/C25H27BrN2O4/c1-2-17-3-5-18(6-4-17)22-21(23(29)19-7-9-20(26)10-8-19)24(30)25(31)28(22)12-11-27-13-15-32-16-14-27/h3-10,22,29H,2,11-16H2,1H3/t22-/m1/s1. The molecule has 2 aromatic carbocycles. The number of rotatable bonds is 6. The summed E-state index contributed by atoms with van der Waals surface area (Å²) in [6.45, 7) is 6.09. The van der Waals surface area contributed by atoms with Gasteiger partial charge in [-0.2, -0.15) is 0 Å². The van der Waals surface area contributed by atoms with Crippen molar-refractivity contribution in [3.8, 4) is 0 Å². The largest absolute Gasteiger partial charge is 0.507 e. The number of amides is 1. The second-order valence-electron chi connectivity index (χ2n) is 8.05. The zero-order valence-corrected chi connectivity index (χ0v) is 19.7. The highest BCUT2D eigenvalue weighted by Gasteiger charge is 2.46. The number of carbonyl (C=O) groups excluding carboxylic acids is 2. The molecule has 6 nitrogen and oxygen atoms in total. The molecule has 7 heteroatoms. The second-order valence-corrected chi connectivity index (χ2v) is 8.96. The molecule has 2 fully saturated rings. The maximum atomic E-state index is 13.1. The van der Waals surface area contributed by atoms with Gasteiger partial charge in [0.2, 0.25) is 0 Å². The number of halogens is 1. The number of aliphatic hydroxyl groups is 1. The first kappa shape index (κ1) is 22.7. The number of ether oxygens (including phenoxy) is 1. The van der Waals surface area contributed by atoms with Gasteiger partial charge < -0.3 is 14.7 Å². The lowest BCUT2D eigenvalue weighted by Gasteiger charge is -2.31. The van der Waals surface area contributed by atoms with E-state index in [1.807, 2.05) is 24.3 Å². The van der Waals surface area contributed by atoms with E-state index in [0.717, 1.165) is 29.5 Å². The summed E-state index contributed by atoms with van der Waals surface area (Å²) < 4.78 is 6.27. The van der Waals surface area contributed by atoms with Crippen LogP contribution in [-0.4, -0.2) is 66.0 Å². The second kappa shape index (κ2) is 9.98. The van der Waals surface area contributed by atoms with Gasteiger partial charge >= 0.3 is 0 Å². The number of Topliss-reactive ketones (excluding diaryl/α,β-unsaturated/α-hetero) is 1. The molecule has 0 saturated carbocycles. The Labute approximate surface area is 196 Å². The van der Waals surface area contributed by atoms with E-state index < -0.39 is 17.7 Å². The fourth-order valence-corrected chi connectivity index (χ4v) is 4.49. The Morgan fingerprint density at radius 3 is 2.31 bits per heavy atom. The van der Waals surface area contributed by atoms with Crippen LogP contribution >= 0.6 is 15.9 Å². The van der Waals surface area contributed by atoms with Crippen molar-refractivity contribution in [1.82, 2.24) is 9.80 Å². The summed E-state index contributed by atoms with van der Waals surface area (Å²) in [6, 6.07) is 14.4. The van der Waals surface area contributed by atoms with Crippen LogP contribution in [0.15, 0.2) is 58.6 Å². The van der Waals surface area contributed by atoms with E-state index in [4.69, 9.17) is 4.74 Å². The number of aryl methyl sites for hydroxylation is 1. The van der Waals surface area contributed by atoms with E-state index in [-0.39, 0.29) is 11.3 Å². The predicted octanol–water partition coefficient (Wildman–Crippen LogP) is 3.77. The molecule has 0 aliphatic carbocycles. The normalized spacial score (nSPS) is 21.3. The van der Waals surface area contributed by atoms with E-state index in [2.05, 4.69) is 27.8 Å². The van der Waals surface area contributed by atoms with Crippen LogP contribution in [0.5, 0.6) is 0 Å². The average Bonchev–Trinajstić information content (AvgIpc) is 3.08. The third-order valence-corrected chi connectivity index (χ3v) is 6.65. The molecule has 0 unspecified atom stereocenters. The molecule has 1 atom stereocenters. The van der Waals surface area contributed by atoms with Crippen LogP contribution in [0.3, 0.4) is 0 Å². The molecule has 2 aliphatic rings. The van der Waals surface area contributed by atoms with Crippen LogP contribution in [-0.2, 0) is 20.7 Å². The predicted molar refractivity (Wildman–Crippen MR) is 126 cm³/mol. The van der Waals surface area contributed by atoms with Gasteiger partial charge in [0.15, 0.2) is 0 Å². The third-order valence-electron chi connectivity index (χ3n) is 6.12. The number of carbonyl (C=O) groups is 2. The van der Waals surface area contributed by atoms with Crippen molar-refractivity contribution in [2.45, 2.75) is 19.4 Å². The van der Waals surface area contributed by atoms with E-state index in [0.29, 0.717) is 31.9 Å². The zero-order chi connectivity index (χ0) is 22.7. The molecule has 4 rings (SSSR count). The summed E-state index contributed by atoms with van der Waals surface area (Å²) in [5, 5.41) is 11.1. The number of benzene rings is 2. The van der Waals surface area contributed by atoms with Crippen molar-refractivity contribution < 1.29 is 19.4 Å². The van der Waals surface area contributed by atoms with Gasteiger partial charge in [0.05, 0.1) is 24.8 Å². The summed E-state index contributed by atoms with van der Waals surface area (Å²) in [4.78, 5) is 30.0. The van der Waals surface area contributed by atoms with Gasteiger partial charge in [0, 0.05) is 36.2 Å². The van der Waals surface area contributed by atoms with Gasteiger partial charge in [-0.3, -0.25) is 14.5 Å². The summed E-state index contributed by atoms with van der Waals surface area (Å²) >= 11 is 3.39. The number of morpholine rings is 1. The van der Waals surface area contributed by atoms with E-state index >= 15 is 0 Å². The SMILES string of the molecule is CCc1ccc([C@@H]2C(=C(O)c3ccc(Br)cc3)C(=O)C(=O)N2CCN2CCOCC2)cc1. The number of likely N-dealkylation sites (tertiary alicyclic amines) is 1. The maximum absolute atomic E-state index is 13.1. The average molecular weight is 499 g/mol. The number of hydrogen-bond acceptors (Lipinski definition) is 5. The molecule has 0 radical (unpaired) electrons. The van der Waals surface area contributed by atoms with Gasteiger partial charge in [-0.1, -0.05) is 59.3 Å². The molecule has 0 aromatic heterocycles. The molecule has 0 spiro atoms. The van der Waals surface area contributed by atoms with Gasteiger partial charge in [-0.25, -0.2) is 0 Å². The van der Waals surface area contributed by atoms with Crippen LogP contribution < -0.4 is 0 Å². The first-order valence-corrected chi connectivity index (χ1v) is 11.7. The number of hydrogen-bond donors (Lipinski definition) is 1. The number of nitrogens with zero attached hydrogens (tertiary/aromatic N) is 2. The molecule has 168 valence electrons. The van der Waals surface area contributed by atoms with Crippen LogP contribution in [0.4, 0.5) is 0 Å². The minimum absolute atomic E-state index is 0.142. The lowest BCUT2D eigenvalue weighted by molar-refractivity contribution is -0.140. The first-order chi connectivity index (χ1) is 15.5. The quantitative estimate of drug-likeness (QED) is 0.373. The highest BCUT2D eigenvalue weighted by molar-refractivity contribution is 9.10. The molecule has 2 saturated heterocycles. The lowest BCUT2D eigenvalue weighted by atomic mass is 9.94. The minimum atomic E-state index is -0.642. The van der Waals surface area contributed by atoms with Crippen molar-refractivity contribution in [3.63, 3.8) is 0 Å². The summed E-state index contributed by atoms with van der Waals surface area (Å²) in [5.41, 5.74) is 2.65. The van der Waals surface area contributed by atoms with E-state index in [9.17, 15) is 14.7 Å². The molecular weight excluding hydrogens is 472 g/mol. The number of aliphatic hydroxyl groups excluding tert-OH is 1. The van der Waals surface area contributed by atoms with Gasteiger partial charge in [0.25, 0.3) is 11.7 Å². The van der Waals surface area contributed by atoms with Gasteiger partial charge in [-0.15, -0.1) is 0 Å². The van der Waals surface area contributed by atoms with Crippen molar-refractivity contribution in [2.75, 3.05) is 39.4 Å². The van der Waals surface area contributed by atoms with Crippen molar-refractivity contribution in [1.29, 1.82) is 0 Å². The Hall–Kier alpha value is -2.48. The van der Waals surface area contributed by atoms with Crippen LogP contribution in [0.25, 0.3) is 5.76 Å². The molecule has 2 aromatic rings. The van der Waals surface area contributed by atoms with E-state index in [1.165, 1.54) is 5.56 Å². The molecular formula is C25H27BrN2O4. The van der Waals surface area contributed by atoms with Crippen molar-refractivity contribution >= 4 is 33.4 Å². The Morgan fingerprint density at radius 1 is 1.03 bits per heavy atom. The Morgan fingerprint density at radius 2 is 1.69 bits per heavy atom. The van der Waals surface area contributed by atoms with Crippen LogP contribution in [0.2, 0.25) is 0 Å². The number of ketones is 1. The van der Waals surface area contributed by atoms with Gasteiger partial charge in [-0.05, 0) is 29.7 Å². The lowest BCUT2D eigenvalue weighted by Crippen LogP contribution is -2.42. The fourth-order valence-electron chi connectivity index (χ4n) is 4.23. The monoisotopic (exact) mass is 498 g/mol. The highest BCUT2D eigenvalue weighted by atomic mass is 79.9. The Bertz CT molecular complexity index is 1010. The topological polar surface area (TPSA) is 70.1 Å². The summed E-state index contributed by atoms with van der Waals surface area (Å²) in [6.07, 6.45) is 0.899. The zero-order valence-electron chi connectivity index (χ0n) is 18.1. The van der Waals surface area contributed by atoms with Crippen LogP contribution in [0.1, 0.15) is 29.7 Å². The molecule has 2 heterocycles.